The normalized spacial score (nSPS) is 12.6. The molecule has 0 aliphatic rings. The van der Waals surface area contributed by atoms with Crippen molar-refractivity contribution in [3.63, 3.8) is 0 Å². The smallest absolute Gasteiger partial charge is 0.0794 e. The fourth-order valence-electron chi connectivity index (χ4n) is 1.87. The summed E-state index contributed by atoms with van der Waals surface area (Å²) < 4.78 is 1.00. The lowest BCUT2D eigenvalue weighted by Crippen LogP contribution is -2.23. The van der Waals surface area contributed by atoms with Crippen LogP contribution in [0.2, 0.25) is 5.02 Å². The molecule has 0 bridgehead atoms. The van der Waals surface area contributed by atoms with Crippen LogP contribution in [0.25, 0.3) is 0 Å². The highest BCUT2D eigenvalue weighted by Gasteiger charge is 2.15. The zero-order valence-electron chi connectivity index (χ0n) is 9.99. The van der Waals surface area contributed by atoms with E-state index in [-0.39, 0.29) is 6.04 Å². The highest BCUT2D eigenvalue weighted by Crippen LogP contribution is 2.29. The van der Waals surface area contributed by atoms with Crippen LogP contribution in [0.1, 0.15) is 23.4 Å². The van der Waals surface area contributed by atoms with Gasteiger partial charge >= 0.3 is 0 Å². The summed E-state index contributed by atoms with van der Waals surface area (Å²) in [5.74, 6) is 0. The van der Waals surface area contributed by atoms with Gasteiger partial charge in [0.2, 0.25) is 0 Å². The van der Waals surface area contributed by atoms with Gasteiger partial charge in [-0.15, -0.1) is 11.3 Å². The summed E-state index contributed by atoms with van der Waals surface area (Å²) in [4.78, 5) is 5.38. The number of nitrogens with zero attached hydrogens (tertiary/aromatic N) is 1. The second kappa shape index (κ2) is 6.66. The van der Waals surface area contributed by atoms with E-state index in [1.165, 1.54) is 4.88 Å². The van der Waals surface area contributed by atoms with Crippen molar-refractivity contribution in [3.8, 4) is 0 Å². The van der Waals surface area contributed by atoms with Gasteiger partial charge in [0.1, 0.15) is 0 Å². The first-order valence-electron chi connectivity index (χ1n) is 5.76. The van der Waals surface area contributed by atoms with Crippen LogP contribution in [0.5, 0.6) is 0 Å². The molecule has 1 heterocycles. The summed E-state index contributed by atoms with van der Waals surface area (Å²) in [6.07, 6.45) is 2.83. The molecule has 0 spiro atoms. The first kappa shape index (κ1) is 14.0. The van der Waals surface area contributed by atoms with Crippen LogP contribution < -0.4 is 5.32 Å². The number of aromatic nitrogens is 1. The average Bonchev–Trinajstić information content (AvgIpc) is 2.81. The molecule has 1 aromatic carbocycles. The molecule has 2 aromatic rings. The van der Waals surface area contributed by atoms with Crippen LogP contribution in [-0.2, 0) is 6.42 Å². The molecule has 96 valence electrons. The van der Waals surface area contributed by atoms with Gasteiger partial charge in [0.15, 0.2) is 0 Å². The number of likely N-dealkylation sites (N-methyl/N-ethyl adjacent to an activating group) is 1. The predicted octanol–water partition coefficient (Wildman–Crippen LogP) is 4.45. The van der Waals surface area contributed by atoms with Gasteiger partial charge in [-0.1, -0.05) is 40.5 Å². The minimum atomic E-state index is 0.232. The topological polar surface area (TPSA) is 24.9 Å². The van der Waals surface area contributed by atoms with E-state index < -0.39 is 0 Å². The number of benzene rings is 1. The third-order valence-corrected chi connectivity index (χ3v) is 4.30. The van der Waals surface area contributed by atoms with Crippen LogP contribution in [0.3, 0.4) is 0 Å². The number of hydrogen-bond donors (Lipinski definition) is 1. The Morgan fingerprint density at radius 2 is 2.33 bits per heavy atom. The Labute approximate surface area is 125 Å². The Morgan fingerprint density at radius 3 is 2.94 bits per heavy atom. The first-order valence-corrected chi connectivity index (χ1v) is 7.81. The fourth-order valence-corrected chi connectivity index (χ4v) is 3.31. The molecule has 2 rings (SSSR count). The lowest BCUT2D eigenvalue weighted by atomic mass is 10.0. The molecule has 1 atom stereocenters. The van der Waals surface area contributed by atoms with Crippen LogP contribution in [0, 0.1) is 0 Å². The number of halogens is 2. The molecule has 0 amide bonds. The molecule has 5 heteroatoms. The maximum Gasteiger partial charge on any atom is 0.0794 e. The van der Waals surface area contributed by atoms with E-state index in [1.807, 2.05) is 23.8 Å². The maximum absolute atomic E-state index is 6.32. The van der Waals surface area contributed by atoms with Gasteiger partial charge in [0.25, 0.3) is 0 Å². The molecular weight excluding hydrogens is 332 g/mol. The van der Waals surface area contributed by atoms with Crippen molar-refractivity contribution >= 4 is 38.9 Å². The molecule has 0 radical (unpaired) electrons. The number of rotatable bonds is 5. The largest absolute Gasteiger partial charge is 0.310 e. The van der Waals surface area contributed by atoms with Gasteiger partial charge in [-0.05, 0) is 24.2 Å². The Hall–Kier alpha value is -0.420. The van der Waals surface area contributed by atoms with E-state index in [4.69, 9.17) is 11.6 Å². The molecule has 1 unspecified atom stereocenters. The molecule has 1 N–H and O–H groups in total. The summed E-state index contributed by atoms with van der Waals surface area (Å²) in [5, 5.41) is 4.27. The molecular formula is C13H14BrClN2S. The van der Waals surface area contributed by atoms with Gasteiger partial charge in [-0.25, -0.2) is 0 Å². The SMILES string of the molecule is CCNC(Cc1cncs1)c1ccc(Br)cc1Cl. The molecule has 18 heavy (non-hydrogen) atoms. The summed E-state index contributed by atoms with van der Waals surface area (Å²) in [5.41, 5.74) is 3.00. The van der Waals surface area contributed by atoms with Crippen molar-refractivity contribution in [2.45, 2.75) is 19.4 Å². The second-order valence-electron chi connectivity index (χ2n) is 3.95. The first-order chi connectivity index (χ1) is 8.70. The molecule has 0 saturated heterocycles. The predicted molar refractivity (Wildman–Crippen MR) is 81.4 cm³/mol. The van der Waals surface area contributed by atoms with E-state index in [9.17, 15) is 0 Å². The molecule has 0 aliphatic carbocycles. The van der Waals surface area contributed by atoms with Crippen molar-refractivity contribution in [2.75, 3.05) is 6.54 Å². The van der Waals surface area contributed by atoms with E-state index >= 15 is 0 Å². The number of hydrogen-bond acceptors (Lipinski definition) is 3. The third-order valence-electron chi connectivity index (χ3n) is 2.68. The van der Waals surface area contributed by atoms with E-state index in [0.717, 1.165) is 28.0 Å². The van der Waals surface area contributed by atoms with Crippen molar-refractivity contribution in [3.05, 3.63) is 49.8 Å². The van der Waals surface area contributed by atoms with Crippen LogP contribution in [0.4, 0.5) is 0 Å². The second-order valence-corrected chi connectivity index (χ2v) is 6.24. The molecule has 0 aliphatic heterocycles. The molecule has 0 saturated carbocycles. The minimum absolute atomic E-state index is 0.232. The van der Waals surface area contributed by atoms with Crippen LogP contribution in [0.15, 0.2) is 34.4 Å². The van der Waals surface area contributed by atoms with Crippen LogP contribution >= 0.6 is 38.9 Å². The standard InChI is InChI=1S/C13H14BrClN2S/c1-2-17-13(6-10-7-16-8-18-10)11-4-3-9(14)5-12(11)15/h3-5,7-8,13,17H,2,6H2,1H3. The summed E-state index contributed by atoms with van der Waals surface area (Å²) >= 11 is 11.4. The zero-order chi connectivity index (χ0) is 13.0. The molecule has 0 fully saturated rings. The van der Waals surface area contributed by atoms with Gasteiger partial charge in [-0.2, -0.15) is 0 Å². The van der Waals surface area contributed by atoms with Gasteiger partial charge < -0.3 is 5.32 Å². The van der Waals surface area contributed by atoms with Crippen molar-refractivity contribution in [2.24, 2.45) is 0 Å². The van der Waals surface area contributed by atoms with Gasteiger partial charge in [0.05, 0.1) is 5.51 Å². The quantitative estimate of drug-likeness (QED) is 0.866. The van der Waals surface area contributed by atoms with Crippen LogP contribution in [-0.4, -0.2) is 11.5 Å². The fraction of sp³-hybridized carbons (Fsp3) is 0.308. The lowest BCUT2D eigenvalue weighted by molar-refractivity contribution is 0.553. The highest BCUT2D eigenvalue weighted by molar-refractivity contribution is 9.10. The van der Waals surface area contributed by atoms with E-state index in [2.05, 4.69) is 39.2 Å². The Morgan fingerprint density at radius 1 is 1.50 bits per heavy atom. The summed E-state index contributed by atoms with van der Waals surface area (Å²) in [6, 6.07) is 6.27. The third kappa shape index (κ3) is 3.54. The Kier molecular flexibility index (Phi) is 5.18. The summed E-state index contributed by atoms with van der Waals surface area (Å²) in [6.45, 7) is 3.02. The number of thiazole rings is 1. The Bertz CT molecular complexity index is 502. The number of nitrogens with one attached hydrogen (secondary N) is 1. The van der Waals surface area contributed by atoms with Crippen molar-refractivity contribution < 1.29 is 0 Å². The van der Waals surface area contributed by atoms with E-state index in [1.54, 1.807) is 11.3 Å². The molecule has 1 aromatic heterocycles. The average molecular weight is 346 g/mol. The monoisotopic (exact) mass is 344 g/mol. The Balaban J connectivity index is 2.23. The highest BCUT2D eigenvalue weighted by atomic mass is 79.9. The lowest BCUT2D eigenvalue weighted by Gasteiger charge is -2.19. The summed E-state index contributed by atoms with van der Waals surface area (Å²) in [7, 11) is 0. The molecule has 2 nitrogen and oxygen atoms in total. The van der Waals surface area contributed by atoms with E-state index in [0.29, 0.717) is 0 Å². The maximum atomic E-state index is 6.32. The van der Waals surface area contributed by atoms with Gasteiger partial charge in [-0.3, -0.25) is 4.98 Å². The zero-order valence-corrected chi connectivity index (χ0v) is 13.1. The minimum Gasteiger partial charge on any atom is -0.310 e. The van der Waals surface area contributed by atoms with Gasteiger partial charge in [0, 0.05) is 33.0 Å². The van der Waals surface area contributed by atoms with Crippen molar-refractivity contribution in [1.82, 2.24) is 10.3 Å². The van der Waals surface area contributed by atoms with Crippen molar-refractivity contribution in [1.29, 1.82) is 0 Å².